The molecule has 3 N–H and O–H groups in total. The minimum Gasteiger partial charge on any atom is -0.409 e. The molecule has 2 rings (SSSR count). The summed E-state index contributed by atoms with van der Waals surface area (Å²) >= 11 is 0. The number of amidine groups is 1. The highest BCUT2D eigenvalue weighted by Crippen LogP contribution is 2.30. The lowest BCUT2D eigenvalue weighted by Gasteiger charge is -2.38. The zero-order valence-electron chi connectivity index (χ0n) is 10.9. The van der Waals surface area contributed by atoms with E-state index in [-0.39, 0.29) is 5.84 Å². The van der Waals surface area contributed by atoms with Crippen molar-refractivity contribution in [1.82, 2.24) is 4.98 Å². The number of hydrogen-bond donors (Lipinski definition) is 2. The minimum atomic E-state index is 0.0492. The molecule has 2 heterocycles. The van der Waals surface area contributed by atoms with Crippen LogP contribution in [0.15, 0.2) is 23.4 Å². The summed E-state index contributed by atoms with van der Waals surface area (Å²) in [7, 11) is 0. The van der Waals surface area contributed by atoms with E-state index in [2.05, 4.69) is 28.9 Å². The van der Waals surface area contributed by atoms with Gasteiger partial charge in [-0.25, -0.2) is 4.98 Å². The Bertz CT molecular complexity index is 456. The van der Waals surface area contributed by atoms with Crippen LogP contribution >= 0.6 is 0 Å². The lowest BCUT2D eigenvalue weighted by Crippen LogP contribution is -2.40. The first-order valence-corrected chi connectivity index (χ1v) is 6.22. The molecule has 0 amide bonds. The summed E-state index contributed by atoms with van der Waals surface area (Å²) in [5.74, 6) is 0.944. The topological polar surface area (TPSA) is 74.7 Å². The summed E-state index contributed by atoms with van der Waals surface area (Å²) in [6.07, 6.45) is 2.41. The molecule has 1 fully saturated rings. The first-order chi connectivity index (χ1) is 8.52. The standard InChI is InChI=1S/C13H20N4O/c1-13(2)7-4-8-17(9-13)11-6-3-5-10(15-11)12(14)16-18/h3,5-6,18H,4,7-9H2,1-2H3,(H2,14,16). The number of anilines is 1. The average molecular weight is 248 g/mol. The normalized spacial score (nSPS) is 19.9. The van der Waals surface area contributed by atoms with Crippen LogP contribution in [0.25, 0.3) is 0 Å². The molecule has 1 aromatic rings. The summed E-state index contributed by atoms with van der Waals surface area (Å²) in [6, 6.07) is 5.60. The predicted octanol–water partition coefficient (Wildman–Crippen LogP) is 1.80. The lowest BCUT2D eigenvalue weighted by molar-refractivity contribution is 0.292. The van der Waals surface area contributed by atoms with Crippen LogP contribution in [0, 0.1) is 5.41 Å². The number of pyridine rings is 1. The largest absolute Gasteiger partial charge is 0.409 e. The SMILES string of the molecule is CC1(C)CCCN(c2cccc(C(N)=NO)n2)C1. The molecule has 1 aromatic heterocycles. The maximum absolute atomic E-state index is 8.68. The minimum absolute atomic E-state index is 0.0492. The van der Waals surface area contributed by atoms with E-state index in [1.807, 2.05) is 12.1 Å². The fourth-order valence-electron chi connectivity index (χ4n) is 2.41. The molecule has 0 radical (unpaired) electrons. The first-order valence-electron chi connectivity index (χ1n) is 6.22. The maximum atomic E-state index is 8.68. The molecule has 0 bridgehead atoms. The Balaban J connectivity index is 2.23. The molecule has 0 aliphatic carbocycles. The summed E-state index contributed by atoms with van der Waals surface area (Å²) in [5, 5.41) is 11.7. The van der Waals surface area contributed by atoms with Crippen LogP contribution in [0.5, 0.6) is 0 Å². The van der Waals surface area contributed by atoms with Gasteiger partial charge in [0.2, 0.25) is 0 Å². The van der Waals surface area contributed by atoms with Crippen molar-refractivity contribution >= 4 is 11.7 Å². The molecule has 0 atom stereocenters. The predicted molar refractivity (Wildman–Crippen MR) is 72.0 cm³/mol. The fourth-order valence-corrected chi connectivity index (χ4v) is 2.41. The number of rotatable bonds is 2. The third-order valence-electron chi connectivity index (χ3n) is 3.33. The summed E-state index contributed by atoms with van der Waals surface area (Å²) < 4.78 is 0. The van der Waals surface area contributed by atoms with Crippen molar-refractivity contribution in [2.24, 2.45) is 16.3 Å². The van der Waals surface area contributed by atoms with E-state index in [1.54, 1.807) is 6.07 Å². The molecular formula is C13H20N4O. The van der Waals surface area contributed by atoms with Crippen molar-refractivity contribution in [3.05, 3.63) is 23.9 Å². The van der Waals surface area contributed by atoms with Crippen LogP contribution in [0.3, 0.4) is 0 Å². The Morgan fingerprint density at radius 2 is 2.28 bits per heavy atom. The molecule has 1 aliphatic heterocycles. The monoisotopic (exact) mass is 248 g/mol. The van der Waals surface area contributed by atoms with E-state index in [1.165, 1.54) is 12.8 Å². The number of aromatic nitrogens is 1. The molecular weight excluding hydrogens is 228 g/mol. The second-order valence-electron chi connectivity index (χ2n) is 5.56. The van der Waals surface area contributed by atoms with Gasteiger partial charge in [0.05, 0.1) is 0 Å². The molecule has 0 unspecified atom stereocenters. The van der Waals surface area contributed by atoms with E-state index in [9.17, 15) is 0 Å². The quantitative estimate of drug-likeness (QED) is 0.362. The van der Waals surface area contributed by atoms with Gasteiger partial charge in [0.1, 0.15) is 11.5 Å². The third kappa shape index (κ3) is 2.72. The second-order valence-corrected chi connectivity index (χ2v) is 5.56. The zero-order chi connectivity index (χ0) is 13.2. The summed E-state index contributed by atoms with van der Waals surface area (Å²) in [4.78, 5) is 6.70. The van der Waals surface area contributed by atoms with Crippen molar-refractivity contribution < 1.29 is 5.21 Å². The highest BCUT2D eigenvalue weighted by atomic mass is 16.4. The Labute approximate surface area is 107 Å². The molecule has 0 aromatic carbocycles. The third-order valence-corrected chi connectivity index (χ3v) is 3.33. The van der Waals surface area contributed by atoms with Gasteiger partial charge >= 0.3 is 0 Å². The van der Waals surface area contributed by atoms with Crippen molar-refractivity contribution in [2.45, 2.75) is 26.7 Å². The number of nitrogens with two attached hydrogens (primary N) is 1. The molecule has 0 spiro atoms. The molecule has 5 heteroatoms. The van der Waals surface area contributed by atoms with Gasteiger partial charge in [0.15, 0.2) is 5.84 Å². The first kappa shape index (κ1) is 12.7. The Hall–Kier alpha value is -1.78. The van der Waals surface area contributed by atoms with E-state index < -0.39 is 0 Å². The number of oxime groups is 1. The second kappa shape index (κ2) is 4.84. The lowest BCUT2D eigenvalue weighted by atomic mass is 9.84. The van der Waals surface area contributed by atoms with Gasteiger partial charge in [0.25, 0.3) is 0 Å². The van der Waals surface area contributed by atoms with Crippen LogP contribution in [0.4, 0.5) is 5.82 Å². The zero-order valence-corrected chi connectivity index (χ0v) is 10.9. The fraction of sp³-hybridized carbons (Fsp3) is 0.538. The van der Waals surface area contributed by atoms with E-state index in [4.69, 9.17) is 10.9 Å². The van der Waals surface area contributed by atoms with Crippen LogP contribution in [0.1, 0.15) is 32.4 Å². The van der Waals surface area contributed by atoms with Gasteiger partial charge < -0.3 is 15.8 Å². The van der Waals surface area contributed by atoms with Crippen LogP contribution in [-0.4, -0.2) is 29.1 Å². The maximum Gasteiger partial charge on any atom is 0.188 e. The van der Waals surface area contributed by atoms with E-state index in [0.717, 1.165) is 18.9 Å². The van der Waals surface area contributed by atoms with Gasteiger partial charge in [0, 0.05) is 13.1 Å². The van der Waals surface area contributed by atoms with Gasteiger partial charge in [-0.2, -0.15) is 0 Å². The number of hydrogen-bond acceptors (Lipinski definition) is 4. The Morgan fingerprint density at radius 1 is 1.50 bits per heavy atom. The molecule has 0 saturated carbocycles. The highest BCUT2D eigenvalue weighted by Gasteiger charge is 2.27. The number of piperidine rings is 1. The van der Waals surface area contributed by atoms with Crippen LogP contribution in [-0.2, 0) is 0 Å². The van der Waals surface area contributed by atoms with Crippen LogP contribution < -0.4 is 10.6 Å². The average Bonchev–Trinajstić information content (AvgIpc) is 2.37. The summed E-state index contributed by atoms with van der Waals surface area (Å²) in [5.41, 5.74) is 6.39. The highest BCUT2D eigenvalue weighted by molar-refractivity contribution is 5.95. The number of nitrogens with zero attached hydrogens (tertiary/aromatic N) is 3. The van der Waals surface area contributed by atoms with Crippen LogP contribution in [0.2, 0.25) is 0 Å². The molecule has 1 aliphatic rings. The van der Waals surface area contributed by atoms with E-state index in [0.29, 0.717) is 11.1 Å². The van der Waals surface area contributed by atoms with Crippen molar-refractivity contribution in [3.63, 3.8) is 0 Å². The Kier molecular flexibility index (Phi) is 3.41. The molecule has 1 saturated heterocycles. The van der Waals surface area contributed by atoms with Crippen molar-refractivity contribution in [3.8, 4) is 0 Å². The summed E-state index contributed by atoms with van der Waals surface area (Å²) in [6.45, 7) is 6.54. The van der Waals surface area contributed by atoms with Gasteiger partial charge in [-0.15, -0.1) is 0 Å². The molecule has 5 nitrogen and oxygen atoms in total. The van der Waals surface area contributed by atoms with Gasteiger partial charge in [-0.3, -0.25) is 0 Å². The smallest absolute Gasteiger partial charge is 0.188 e. The van der Waals surface area contributed by atoms with E-state index >= 15 is 0 Å². The van der Waals surface area contributed by atoms with Gasteiger partial charge in [-0.1, -0.05) is 25.1 Å². The molecule has 18 heavy (non-hydrogen) atoms. The van der Waals surface area contributed by atoms with Crippen molar-refractivity contribution in [2.75, 3.05) is 18.0 Å². The van der Waals surface area contributed by atoms with Crippen molar-refractivity contribution in [1.29, 1.82) is 0 Å². The molecule has 98 valence electrons. The van der Waals surface area contributed by atoms with Gasteiger partial charge in [-0.05, 0) is 30.4 Å². The Morgan fingerprint density at radius 3 is 2.94 bits per heavy atom.